The van der Waals surface area contributed by atoms with E-state index in [2.05, 4.69) is 0 Å². The average molecular weight is 472 g/mol. The highest BCUT2D eigenvalue weighted by molar-refractivity contribution is 7.14. The molecular formula is C22H20N2O8S. The average Bonchev–Trinajstić information content (AvgIpc) is 3.08. The number of hydrogen-bond acceptors (Lipinski definition) is 10. The zero-order chi connectivity index (χ0) is 24.7. The van der Waals surface area contributed by atoms with E-state index in [9.17, 15) is 34.9 Å². The van der Waals surface area contributed by atoms with E-state index in [-0.39, 0.29) is 45.5 Å². The van der Waals surface area contributed by atoms with E-state index < -0.39 is 34.6 Å². The van der Waals surface area contributed by atoms with Crippen molar-refractivity contribution in [2.24, 2.45) is 0 Å². The van der Waals surface area contributed by atoms with Crippen LogP contribution < -0.4 is 0 Å². The monoisotopic (exact) mass is 472 g/mol. The number of esters is 2. The molecule has 1 aromatic heterocycles. The molecule has 0 aliphatic heterocycles. The summed E-state index contributed by atoms with van der Waals surface area (Å²) in [5.41, 5.74) is -0.466. The number of rotatable bonds is 9. The van der Waals surface area contributed by atoms with Gasteiger partial charge in [-0.15, -0.1) is 11.3 Å². The molecule has 11 heteroatoms. The van der Waals surface area contributed by atoms with E-state index in [1.807, 2.05) is 0 Å². The first-order valence-electron chi connectivity index (χ1n) is 9.73. The third-order valence-corrected chi connectivity index (χ3v) is 5.70. The number of nitrogens with zero attached hydrogens (tertiary/aromatic N) is 2. The zero-order valence-electron chi connectivity index (χ0n) is 18.0. The summed E-state index contributed by atoms with van der Waals surface area (Å²) < 4.78 is 10.0. The lowest BCUT2D eigenvalue weighted by molar-refractivity contribution is -0.384. The van der Waals surface area contributed by atoms with Gasteiger partial charge in [-0.2, -0.15) is 5.26 Å². The van der Waals surface area contributed by atoms with Crippen molar-refractivity contribution >= 4 is 40.8 Å². The van der Waals surface area contributed by atoms with Gasteiger partial charge < -0.3 is 14.6 Å². The lowest BCUT2D eigenvalue weighted by Crippen LogP contribution is -2.12. The van der Waals surface area contributed by atoms with Crippen molar-refractivity contribution in [1.82, 2.24) is 0 Å². The first kappa shape index (κ1) is 25.2. The Kier molecular flexibility index (Phi) is 8.42. The van der Waals surface area contributed by atoms with Crippen LogP contribution in [-0.4, -0.2) is 41.0 Å². The topological polar surface area (TPSA) is 157 Å². The second-order valence-electron chi connectivity index (χ2n) is 6.57. The Morgan fingerprint density at radius 1 is 1.21 bits per heavy atom. The Hall–Kier alpha value is -4.04. The standard InChI is InChI=1S/C22H20N2O8S/c1-4-31-21(27)19-12(3)20(22(28)32-5-2)33-18(19)10-17(26)14(11-23)8-13-9-15(24(29)30)6-7-16(13)25/h6-9,25H,4-5,10H2,1-3H3/b14-8+. The summed E-state index contributed by atoms with van der Waals surface area (Å²) in [6, 6.07) is 4.90. The minimum absolute atomic E-state index is 0.0498. The molecule has 0 radical (unpaired) electrons. The molecule has 0 aliphatic carbocycles. The number of carbonyl (C=O) groups is 3. The fourth-order valence-electron chi connectivity index (χ4n) is 2.90. The van der Waals surface area contributed by atoms with Crippen LogP contribution >= 0.6 is 11.3 Å². The lowest BCUT2D eigenvalue weighted by Gasteiger charge is -2.05. The number of phenols is 1. The Bertz CT molecular complexity index is 1190. The second-order valence-corrected chi connectivity index (χ2v) is 7.67. The summed E-state index contributed by atoms with van der Waals surface area (Å²) in [6.45, 7) is 4.97. The second kappa shape index (κ2) is 11.0. The third kappa shape index (κ3) is 5.81. The molecule has 2 aromatic rings. The third-order valence-electron chi connectivity index (χ3n) is 4.42. The number of allylic oxidation sites excluding steroid dienone is 1. The minimum Gasteiger partial charge on any atom is -0.507 e. The number of nitriles is 1. The summed E-state index contributed by atoms with van der Waals surface area (Å²) in [7, 11) is 0. The van der Waals surface area contributed by atoms with Crippen molar-refractivity contribution < 1.29 is 33.9 Å². The molecule has 0 bridgehead atoms. The van der Waals surface area contributed by atoms with Gasteiger partial charge in [0.05, 0.1) is 29.3 Å². The first-order chi connectivity index (χ1) is 15.6. The molecule has 10 nitrogen and oxygen atoms in total. The lowest BCUT2D eigenvalue weighted by atomic mass is 10.0. The first-order valence-corrected chi connectivity index (χ1v) is 10.5. The van der Waals surface area contributed by atoms with Gasteiger partial charge in [0.2, 0.25) is 0 Å². The van der Waals surface area contributed by atoms with E-state index in [0.717, 1.165) is 35.6 Å². The maximum Gasteiger partial charge on any atom is 0.348 e. The number of nitro groups is 1. The molecule has 0 saturated carbocycles. The van der Waals surface area contributed by atoms with Gasteiger partial charge in [0.25, 0.3) is 5.69 Å². The molecule has 0 amide bonds. The van der Waals surface area contributed by atoms with Crippen molar-refractivity contribution in [3.8, 4) is 11.8 Å². The zero-order valence-corrected chi connectivity index (χ0v) is 18.9. The quantitative estimate of drug-likeness (QED) is 0.189. The predicted octanol–water partition coefficient (Wildman–Crippen LogP) is 3.74. The molecule has 1 N–H and O–H groups in total. The van der Waals surface area contributed by atoms with E-state index in [4.69, 9.17) is 9.47 Å². The van der Waals surface area contributed by atoms with Crippen LogP contribution in [0.5, 0.6) is 5.75 Å². The van der Waals surface area contributed by atoms with Gasteiger partial charge in [-0.05, 0) is 38.5 Å². The maximum atomic E-state index is 12.9. The van der Waals surface area contributed by atoms with E-state index in [1.165, 1.54) is 6.92 Å². The van der Waals surface area contributed by atoms with Gasteiger partial charge in [-0.3, -0.25) is 14.9 Å². The number of carbonyl (C=O) groups excluding carboxylic acids is 3. The van der Waals surface area contributed by atoms with Gasteiger partial charge in [0.15, 0.2) is 5.78 Å². The molecule has 0 aliphatic rings. The Labute approximate surface area is 192 Å². The van der Waals surface area contributed by atoms with Gasteiger partial charge in [0.1, 0.15) is 16.7 Å². The number of phenolic OH excluding ortho intramolecular Hbond substituents is 1. The predicted molar refractivity (Wildman–Crippen MR) is 118 cm³/mol. The fraction of sp³-hybridized carbons (Fsp3) is 0.273. The summed E-state index contributed by atoms with van der Waals surface area (Å²) in [4.78, 5) is 48.2. The molecule has 1 aromatic carbocycles. The smallest absolute Gasteiger partial charge is 0.348 e. The molecule has 0 spiro atoms. The van der Waals surface area contributed by atoms with E-state index in [1.54, 1.807) is 19.9 Å². The Morgan fingerprint density at radius 3 is 2.42 bits per heavy atom. The van der Waals surface area contributed by atoms with Crippen LogP contribution in [-0.2, 0) is 20.7 Å². The fourth-order valence-corrected chi connectivity index (χ4v) is 4.09. The highest BCUT2D eigenvalue weighted by Gasteiger charge is 2.28. The van der Waals surface area contributed by atoms with Crippen molar-refractivity contribution in [2.75, 3.05) is 13.2 Å². The minimum atomic E-state index is -0.719. The van der Waals surface area contributed by atoms with Gasteiger partial charge >= 0.3 is 11.9 Å². The van der Waals surface area contributed by atoms with Gasteiger partial charge in [0, 0.05) is 29.0 Å². The molecule has 1 heterocycles. The number of nitro benzene ring substituents is 1. The Balaban J connectivity index is 2.48. The number of Topliss-reactive ketones (excluding diaryl/α,β-unsaturated/α-hetero) is 1. The summed E-state index contributed by atoms with van der Waals surface area (Å²) in [6.07, 6.45) is 0.621. The normalized spacial score (nSPS) is 10.9. The van der Waals surface area contributed by atoms with Crippen molar-refractivity contribution in [2.45, 2.75) is 27.2 Å². The highest BCUT2D eigenvalue weighted by Crippen LogP contribution is 2.31. The molecular weight excluding hydrogens is 452 g/mol. The molecule has 0 saturated heterocycles. The number of ketones is 1. The number of hydrogen-bond donors (Lipinski definition) is 1. The number of ether oxygens (including phenoxy) is 2. The molecule has 0 unspecified atom stereocenters. The van der Waals surface area contributed by atoms with Crippen LogP contribution in [0.4, 0.5) is 5.69 Å². The largest absolute Gasteiger partial charge is 0.507 e. The SMILES string of the molecule is CCOC(=O)c1sc(CC(=O)/C(C#N)=C/c2cc([N+](=O)[O-])ccc2O)c(C(=O)OCC)c1C. The summed E-state index contributed by atoms with van der Waals surface area (Å²) >= 11 is 0.889. The van der Waals surface area contributed by atoms with Crippen LogP contribution in [0.1, 0.15) is 49.9 Å². The molecule has 0 fully saturated rings. The van der Waals surface area contributed by atoms with E-state index in [0.29, 0.717) is 5.56 Å². The van der Waals surface area contributed by atoms with Crippen molar-refractivity contribution in [3.63, 3.8) is 0 Å². The van der Waals surface area contributed by atoms with Gasteiger partial charge in [-0.25, -0.2) is 9.59 Å². The van der Waals surface area contributed by atoms with Crippen LogP contribution in [0.3, 0.4) is 0 Å². The van der Waals surface area contributed by atoms with Crippen LogP contribution in [0.2, 0.25) is 0 Å². The number of aromatic hydroxyl groups is 1. The van der Waals surface area contributed by atoms with E-state index >= 15 is 0 Å². The van der Waals surface area contributed by atoms with Crippen LogP contribution in [0, 0.1) is 28.4 Å². The molecule has 172 valence electrons. The maximum absolute atomic E-state index is 12.9. The molecule has 2 rings (SSSR count). The molecule has 33 heavy (non-hydrogen) atoms. The van der Waals surface area contributed by atoms with Crippen molar-refractivity contribution in [1.29, 1.82) is 5.26 Å². The number of benzene rings is 1. The highest BCUT2D eigenvalue weighted by atomic mass is 32.1. The Morgan fingerprint density at radius 2 is 1.85 bits per heavy atom. The van der Waals surface area contributed by atoms with Gasteiger partial charge in [-0.1, -0.05) is 0 Å². The summed E-state index contributed by atoms with van der Waals surface area (Å²) in [5.74, 6) is -2.44. The number of non-ortho nitro benzene ring substituents is 1. The van der Waals surface area contributed by atoms with Crippen LogP contribution in [0.25, 0.3) is 6.08 Å². The van der Waals surface area contributed by atoms with Crippen LogP contribution in [0.15, 0.2) is 23.8 Å². The number of thiophene rings is 1. The molecule has 0 atom stereocenters. The summed E-state index contributed by atoms with van der Waals surface area (Å²) in [5, 5.41) is 30.4. The van der Waals surface area contributed by atoms with Crippen molar-refractivity contribution in [3.05, 3.63) is 60.3 Å².